The Kier molecular flexibility index (Phi) is 2.84. The second kappa shape index (κ2) is 4.14. The van der Waals surface area contributed by atoms with Crippen molar-refractivity contribution in [2.24, 2.45) is 0 Å². The maximum atomic E-state index is 11.4. The Morgan fingerprint density at radius 2 is 2.12 bits per heavy atom. The van der Waals surface area contributed by atoms with Gasteiger partial charge in [0.2, 0.25) is 0 Å². The molecular formula is C8H12N2O6. The Hall–Kier alpha value is -1.54. The van der Waals surface area contributed by atoms with Gasteiger partial charge in [-0.05, 0) is 0 Å². The van der Waals surface area contributed by atoms with Gasteiger partial charge in [0.05, 0.1) is 19.7 Å². The average Bonchev–Trinajstić information content (AvgIpc) is 2.83. The molecule has 2 aliphatic rings. The number of rotatable bonds is 3. The molecule has 0 aliphatic carbocycles. The van der Waals surface area contributed by atoms with E-state index in [0.717, 1.165) is 10.0 Å². The number of cyclic esters (lactones) is 2. The van der Waals surface area contributed by atoms with Crippen molar-refractivity contribution in [2.75, 3.05) is 26.3 Å². The lowest BCUT2D eigenvalue weighted by Crippen LogP contribution is -2.45. The van der Waals surface area contributed by atoms with E-state index in [-0.39, 0.29) is 19.7 Å². The summed E-state index contributed by atoms with van der Waals surface area (Å²) in [6, 6.07) is 0. The number of hydrogen-bond acceptors (Lipinski definition) is 6. The van der Waals surface area contributed by atoms with Gasteiger partial charge in [-0.3, -0.25) is 0 Å². The monoisotopic (exact) mass is 232 g/mol. The molecule has 0 aromatic carbocycles. The predicted molar refractivity (Wildman–Crippen MR) is 48.1 cm³/mol. The van der Waals surface area contributed by atoms with Gasteiger partial charge < -0.3 is 19.7 Å². The van der Waals surface area contributed by atoms with E-state index in [0.29, 0.717) is 0 Å². The number of aliphatic hydroxyl groups is 2. The first-order valence-corrected chi connectivity index (χ1v) is 4.84. The molecule has 2 aliphatic heterocycles. The van der Waals surface area contributed by atoms with Gasteiger partial charge in [-0.1, -0.05) is 0 Å². The molecule has 2 fully saturated rings. The lowest BCUT2D eigenvalue weighted by molar-refractivity contribution is -0.00127. The minimum Gasteiger partial charge on any atom is -0.446 e. The van der Waals surface area contributed by atoms with Crippen molar-refractivity contribution in [1.29, 1.82) is 0 Å². The number of aliphatic hydroxyl groups excluding tert-OH is 2. The van der Waals surface area contributed by atoms with Crippen LogP contribution >= 0.6 is 0 Å². The number of ether oxygens (including phenoxy) is 2. The van der Waals surface area contributed by atoms with Crippen LogP contribution in [-0.4, -0.2) is 70.9 Å². The highest BCUT2D eigenvalue weighted by Gasteiger charge is 2.42. The van der Waals surface area contributed by atoms with Crippen LogP contribution in [-0.2, 0) is 9.47 Å². The molecule has 0 aromatic heterocycles. The number of carbonyl (C=O) groups excluding carboxylic acids is 2. The second-order valence-corrected chi connectivity index (χ2v) is 3.49. The third-order valence-electron chi connectivity index (χ3n) is 2.46. The van der Waals surface area contributed by atoms with Crippen molar-refractivity contribution >= 4 is 12.2 Å². The molecule has 0 bridgehead atoms. The van der Waals surface area contributed by atoms with Gasteiger partial charge in [0.25, 0.3) is 0 Å². The van der Waals surface area contributed by atoms with Gasteiger partial charge in [0, 0.05) is 0 Å². The predicted octanol–water partition coefficient (Wildman–Crippen LogP) is -1.47. The van der Waals surface area contributed by atoms with Crippen LogP contribution in [0.15, 0.2) is 0 Å². The zero-order valence-electron chi connectivity index (χ0n) is 8.40. The van der Waals surface area contributed by atoms with E-state index in [4.69, 9.17) is 9.84 Å². The van der Waals surface area contributed by atoms with Gasteiger partial charge >= 0.3 is 12.2 Å². The lowest BCUT2D eigenvalue weighted by atomic mass is 10.2. The molecule has 2 rings (SSSR count). The number of nitrogens with zero attached hydrogens (tertiary/aromatic N) is 2. The Morgan fingerprint density at radius 1 is 1.38 bits per heavy atom. The topological polar surface area (TPSA) is 99.5 Å². The molecule has 0 radical (unpaired) electrons. The highest BCUT2D eigenvalue weighted by molar-refractivity contribution is 5.76. The standard InChI is InChI=1S/C8H12N2O6/c11-4-5(12)6-3-10(8(14)16-6)9-1-2-15-7(9)13/h5-6,11-12H,1-4H2/t5?,6-/m1/s1. The molecule has 2 saturated heterocycles. The molecule has 16 heavy (non-hydrogen) atoms. The first-order valence-electron chi connectivity index (χ1n) is 4.84. The zero-order chi connectivity index (χ0) is 11.7. The van der Waals surface area contributed by atoms with Crippen LogP contribution in [0.25, 0.3) is 0 Å². The molecule has 2 atom stereocenters. The van der Waals surface area contributed by atoms with E-state index in [1.165, 1.54) is 0 Å². The summed E-state index contributed by atoms with van der Waals surface area (Å²) >= 11 is 0. The molecule has 8 nitrogen and oxygen atoms in total. The van der Waals surface area contributed by atoms with Crippen LogP contribution in [0.5, 0.6) is 0 Å². The van der Waals surface area contributed by atoms with Gasteiger partial charge in [-0.15, -0.1) is 0 Å². The van der Waals surface area contributed by atoms with E-state index < -0.39 is 31.0 Å². The summed E-state index contributed by atoms with van der Waals surface area (Å²) in [4.78, 5) is 22.6. The van der Waals surface area contributed by atoms with E-state index in [1.807, 2.05) is 0 Å². The molecular weight excluding hydrogens is 220 g/mol. The molecule has 0 saturated carbocycles. The Bertz CT molecular complexity index is 309. The summed E-state index contributed by atoms with van der Waals surface area (Å²) in [6.45, 7) is 0.0115. The smallest absolute Gasteiger partial charge is 0.429 e. The lowest BCUT2D eigenvalue weighted by Gasteiger charge is -2.22. The van der Waals surface area contributed by atoms with Gasteiger partial charge in [-0.25, -0.2) is 19.6 Å². The summed E-state index contributed by atoms with van der Waals surface area (Å²) in [5.41, 5.74) is 0. The summed E-state index contributed by atoms with van der Waals surface area (Å²) in [5, 5.41) is 20.2. The number of hydrazine groups is 1. The van der Waals surface area contributed by atoms with Crippen LogP contribution in [0.4, 0.5) is 9.59 Å². The zero-order valence-corrected chi connectivity index (χ0v) is 8.40. The largest absolute Gasteiger partial charge is 0.446 e. The van der Waals surface area contributed by atoms with Gasteiger partial charge in [0.1, 0.15) is 12.7 Å². The van der Waals surface area contributed by atoms with Crippen molar-refractivity contribution in [3.05, 3.63) is 0 Å². The molecule has 2 amide bonds. The third-order valence-corrected chi connectivity index (χ3v) is 2.46. The van der Waals surface area contributed by atoms with Crippen molar-refractivity contribution in [2.45, 2.75) is 12.2 Å². The third kappa shape index (κ3) is 1.76. The molecule has 90 valence electrons. The molecule has 0 spiro atoms. The van der Waals surface area contributed by atoms with Crippen molar-refractivity contribution in [3.8, 4) is 0 Å². The number of hydrogen-bond donors (Lipinski definition) is 2. The molecule has 1 unspecified atom stereocenters. The van der Waals surface area contributed by atoms with Crippen LogP contribution in [0, 0.1) is 0 Å². The normalized spacial score (nSPS) is 27.0. The Labute approximate surface area is 90.9 Å². The fraction of sp³-hybridized carbons (Fsp3) is 0.750. The quantitative estimate of drug-likeness (QED) is 0.616. The van der Waals surface area contributed by atoms with E-state index in [9.17, 15) is 14.7 Å². The maximum absolute atomic E-state index is 11.4. The summed E-state index contributed by atoms with van der Waals surface area (Å²) in [6.07, 6.45) is -3.31. The molecule has 2 N–H and O–H groups in total. The maximum Gasteiger partial charge on any atom is 0.429 e. The average molecular weight is 232 g/mol. The fourth-order valence-corrected chi connectivity index (χ4v) is 1.59. The summed E-state index contributed by atoms with van der Waals surface area (Å²) < 4.78 is 9.49. The van der Waals surface area contributed by atoms with E-state index >= 15 is 0 Å². The van der Waals surface area contributed by atoms with Crippen LogP contribution in [0.1, 0.15) is 0 Å². The highest BCUT2D eigenvalue weighted by Crippen LogP contribution is 2.19. The minimum absolute atomic E-state index is 0.0235. The van der Waals surface area contributed by atoms with E-state index in [1.54, 1.807) is 0 Å². The fourth-order valence-electron chi connectivity index (χ4n) is 1.59. The van der Waals surface area contributed by atoms with Crippen LogP contribution in [0.2, 0.25) is 0 Å². The van der Waals surface area contributed by atoms with Crippen molar-refractivity contribution in [1.82, 2.24) is 10.0 Å². The molecule has 2 heterocycles. The molecule has 8 heteroatoms. The molecule has 0 aromatic rings. The van der Waals surface area contributed by atoms with Crippen molar-refractivity contribution < 1.29 is 29.3 Å². The van der Waals surface area contributed by atoms with Crippen molar-refractivity contribution in [3.63, 3.8) is 0 Å². The first-order chi connectivity index (χ1) is 7.63. The van der Waals surface area contributed by atoms with Gasteiger partial charge in [0.15, 0.2) is 6.10 Å². The SMILES string of the molecule is O=C1OCCN1N1C[C@H](C(O)CO)OC1=O. The second-order valence-electron chi connectivity index (χ2n) is 3.49. The van der Waals surface area contributed by atoms with E-state index in [2.05, 4.69) is 4.74 Å². The Morgan fingerprint density at radius 3 is 2.69 bits per heavy atom. The van der Waals surface area contributed by atoms with Gasteiger partial charge in [-0.2, -0.15) is 0 Å². The number of carbonyl (C=O) groups is 2. The first kappa shape index (κ1) is 11.0. The number of amides is 2. The van der Waals surface area contributed by atoms with Crippen LogP contribution in [0.3, 0.4) is 0 Å². The minimum atomic E-state index is -1.15. The summed E-state index contributed by atoms with van der Waals surface area (Å²) in [5.74, 6) is 0. The van der Waals surface area contributed by atoms with Crippen LogP contribution < -0.4 is 0 Å². The summed E-state index contributed by atoms with van der Waals surface area (Å²) in [7, 11) is 0. The highest BCUT2D eigenvalue weighted by atomic mass is 16.6. The Balaban J connectivity index is 2.02.